The molecule has 1 spiro atoms. The van der Waals surface area contributed by atoms with Crippen molar-refractivity contribution in [3.63, 3.8) is 0 Å². The zero-order valence-corrected chi connectivity index (χ0v) is 17.5. The molecule has 4 nitrogen and oxygen atoms in total. The smallest absolute Gasteiger partial charge is 0.0537 e. The van der Waals surface area contributed by atoms with Gasteiger partial charge in [0.1, 0.15) is 0 Å². The predicted molar refractivity (Wildman–Crippen MR) is 113 cm³/mol. The number of nitrogens with zero attached hydrogens (tertiary/aromatic N) is 4. The van der Waals surface area contributed by atoms with E-state index in [1.807, 2.05) is 11.7 Å². The van der Waals surface area contributed by atoms with Gasteiger partial charge in [0.25, 0.3) is 0 Å². The molecule has 5 rings (SSSR count). The first-order valence-corrected chi connectivity index (χ1v) is 11.1. The van der Waals surface area contributed by atoms with Crippen molar-refractivity contribution in [1.82, 2.24) is 19.6 Å². The van der Waals surface area contributed by atoms with Crippen LogP contribution in [0.3, 0.4) is 0 Å². The standard InChI is InChI=1S/C24H34N4/c1-19-22(15-25-26(19)2)16-27-12-10-24(11-13-27)14-21(20-6-4-3-5-7-20)17-28(18-24)23-8-9-23/h3-7,15,21,23H,8-14,16-18H2,1-2H3/t21-/m1/s1. The monoisotopic (exact) mass is 378 g/mol. The number of aryl methyl sites for hydroxylation is 1. The third kappa shape index (κ3) is 3.65. The summed E-state index contributed by atoms with van der Waals surface area (Å²) in [4.78, 5) is 5.50. The molecule has 0 amide bonds. The van der Waals surface area contributed by atoms with Gasteiger partial charge < -0.3 is 0 Å². The van der Waals surface area contributed by atoms with Crippen LogP contribution >= 0.6 is 0 Å². The summed E-state index contributed by atoms with van der Waals surface area (Å²) < 4.78 is 2.00. The minimum Gasteiger partial charge on any atom is -0.299 e. The molecular weight excluding hydrogens is 344 g/mol. The van der Waals surface area contributed by atoms with Crippen molar-refractivity contribution in [1.29, 1.82) is 0 Å². The van der Waals surface area contributed by atoms with Gasteiger partial charge in [0.15, 0.2) is 0 Å². The van der Waals surface area contributed by atoms with Gasteiger partial charge in [0, 0.05) is 44.0 Å². The molecule has 1 aromatic carbocycles. The highest BCUT2D eigenvalue weighted by Crippen LogP contribution is 2.47. The Hall–Kier alpha value is -1.65. The van der Waals surface area contributed by atoms with Gasteiger partial charge in [-0.3, -0.25) is 14.5 Å². The fraction of sp³-hybridized carbons (Fsp3) is 0.625. The van der Waals surface area contributed by atoms with Crippen LogP contribution in [0.2, 0.25) is 0 Å². The Bertz CT molecular complexity index is 799. The van der Waals surface area contributed by atoms with Crippen LogP contribution in [0.15, 0.2) is 36.5 Å². The fourth-order valence-corrected chi connectivity index (χ4v) is 5.58. The average Bonchev–Trinajstić information content (AvgIpc) is 3.53. The second-order valence-corrected chi connectivity index (χ2v) is 9.63. The van der Waals surface area contributed by atoms with Gasteiger partial charge in [-0.25, -0.2) is 0 Å². The fourth-order valence-electron chi connectivity index (χ4n) is 5.58. The largest absolute Gasteiger partial charge is 0.299 e. The normalized spacial score (nSPS) is 26.0. The molecule has 28 heavy (non-hydrogen) atoms. The topological polar surface area (TPSA) is 24.3 Å². The Balaban J connectivity index is 1.28. The van der Waals surface area contributed by atoms with Gasteiger partial charge in [-0.1, -0.05) is 30.3 Å². The summed E-state index contributed by atoms with van der Waals surface area (Å²) in [6.45, 7) is 8.32. The number of benzene rings is 1. The van der Waals surface area contributed by atoms with Gasteiger partial charge >= 0.3 is 0 Å². The second-order valence-electron chi connectivity index (χ2n) is 9.63. The first kappa shape index (κ1) is 18.4. The van der Waals surface area contributed by atoms with E-state index >= 15 is 0 Å². The van der Waals surface area contributed by atoms with E-state index < -0.39 is 0 Å². The lowest BCUT2D eigenvalue weighted by Crippen LogP contribution is -2.52. The highest BCUT2D eigenvalue weighted by molar-refractivity contribution is 5.22. The molecule has 1 saturated carbocycles. The highest BCUT2D eigenvalue weighted by Gasteiger charge is 2.45. The van der Waals surface area contributed by atoms with Crippen molar-refractivity contribution in [3.05, 3.63) is 53.3 Å². The predicted octanol–water partition coefficient (Wildman–Crippen LogP) is 3.96. The lowest BCUT2D eigenvalue weighted by atomic mass is 9.68. The van der Waals surface area contributed by atoms with E-state index in [9.17, 15) is 0 Å². The average molecular weight is 379 g/mol. The van der Waals surface area contributed by atoms with Gasteiger partial charge in [-0.15, -0.1) is 0 Å². The number of hydrogen-bond acceptors (Lipinski definition) is 3. The minimum atomic E-state index is 0.516. The first-order valence-electron chi connectivity index (χ1n) is 11.1. The molecule has 2 aliphatic heterocycles. The molecule has 1 atom stereocenters. The summed E-state index contributed by atoms with van der Waals surface area (Å²) >= 11 is 0. The van der Waals surface area contributed by atoms with Crippen LogP contribution in [0.1, 0.15) is 54.8 Å². The molecule has 1 aromatic heterocycles. The summed E-state index contributed by atoms with van der Waals surface area (Å²) in [7, 11) is 2.04. The first-order chi connectivity index (χ1) is 13.6. The van der Waals surface area contributed by atoms with Crippen LogP contribution in [0, 0.1) is 12.3 Å². The number of aromatic nitrogens is 2. The minimum absolute atomic E-state index is 0.516. The number of piperidine rings is 2. The Morgan fingerprint density at radius 3 is 2.50 bits per heavy atom. The van der Waals surface area contributed by atoms with Gasteiger partial charge in [0.2, 0.25) is 0 Å². The highest BCUT2D eigenvalue weighted by atomic mass is 15.3. The lowest BCUT2D eigenvalue weighted by molar-refractivity contribution is 0.00826. The van der Waals surface area contributed by atoms with Gasteiger partial charge in [0.05, 0.1) is 6.20 Å². The quantitative estimate of drug-likeness (QED) is 0.805. The molecule has 0 radical (unpaired) electrons. The second kappa shape index (κ2) is 7.31. The zero-order valence-electron chi connectivity index (χ0n) is 17.5. The molecule has 0 N–H and O–H groups in total. The summed E-state index contributed by atoms with van der Waals surface area (Å²) in [6, 6.07) is 12.2. The van der Waals surface area contributed by atoms with Crippen molar-refractivity contribution >= 4 is 0 Å². The molecule has 1 aliphatic carbocycles. The molecule has 4 heteroatoms. The maximum Gasteiger partial charge on any atom is 0.0537 e. The van der Waals surface area contributed by atoms with Crippen molar-refractivity contribution < 1.29 is 0 Å². The van der Waals surface area contributed by atoms with Gasteiger partial charge in [-0.05, 0) is 69.0 Å². The third-order valence-electron chi connectivity index (χ3n) is 7.65. The maximum absolute atomic E-state index is 4.43. The van der Waals surface area contributed by atoms with Crippen molar-refractivity contribution in [2.45, 2.75) is 57.5 Å². The van der Waals surface area contributed by atoms with E-state index in [0.717, 1.165) is 12.6 Å². The zero-order chi connectivity index (χ0) is 19.1. The van der Waals surface area contributed by atoms with Crippen molar-refractivity contribution in [2.24, 2.45) is 12.5 Å². The van der Waals surface area contributed by atoms with E-state index in [2.05, 4.69) is 58.4 Å². The van der Waals surface area contributed by atoms with E-state index in [1.165, 1.54) is 69.5 Å². The van der Waals surface area contributed by atoms with Crippen LogP contribution < -0.4 is 0 Å². The third-order valence-corrected chi connectivity index (χ3v) is 7.65. The van der Waals surface area contributed by atoms with E-state index in [1.54, 1.807) is 5.56 Å². The summed E-state index contributed by atoms with van der Waals surface area (Å²) in [5.41, 5.74) is 4.77. The van der Waals surface area contributed by atoms with Crippen LogP contribution in [0.25, 0.3) is 0 Å². The van der Waals surface area contributed by atoms with Crippen LogP contribution in [0.4, 0.5) is 0 Å². The molecule has 2 saturated heterocycles. The van der Waals surface area contributed by atoms with Crippen LogP contribution in [-0.2, 0) is 13.6 Å². The molecule has 3 heterocycles. The Labute approximate surface area is 169 Å². The summed E-state index contributed by atoms with van der Waals surface area (Å²) in [6.07, 6.45) is 8.96. The molecule has 3 aliphatic rings. The lowest BCUT2D eigenvalue weighted by Gasteiger charge is -2.50. The van der Waals surface area contributed by atoms with Crippen LogP contribution in [0.5, 0.6) is 0 Å². The number of likely N-dealkylation sites (tertiary alicyclic amines) is 2. The molecular formula is C24H34N4. The number of hydrogen-bond donors (Lipinski definition) is 0. The number of rotatable bonds is 4. The molecule has 0 unspecified atom stereocenters. The van der Waals surface area contributed by atoms with Crippen LogP contribution in [-0.4, -0.2) is 51.8 Å². The maximum atomic E-state index is 4.43. The molecule has 150 valence electrons. The molecule has 2 aromatic rings. The van der Waals surface area contributed by atoms with Crippen molar-refractivity contribution in [2.75, 3.05) is 26.2 Å². The Kier molecular flexibility index (Phi) is 4.80. The van der Waals surface area contributed by atoms with Crippen molar-refractivity contribution in [3.8, 4) is 0 Å². The Morgan fingerprint density at radius 1 is 1.11 bits per heavy atom. The van der Waals surface area contributed by atoms with E-state index in [0.29, 0.717) is 11.3 Å². The molecule has 3 fully saturated rings. The molecule has 0 bridgehead atoms. The Morgan fingerprint density at radius 2 is 1.86 bits per heavy atom. The van der Waals surface area contributed by atoms with Gasteiger partial charge in [-0.2, -0.15) is 5.10 Å². The summed E-state index contributed by atoms with van der Waals surface area (Å²) in [5, 5.41) is 4.43. The SMILES string of the molecule is Cc1c(CN2CCC3(CC2)C[C@@H](c2ccccc2)CN(C2CC2)C3)cnn1C. The van der Waals surface area contributed by atoms with E-state index in [-0.39, 0.29) is 0 Å². The summed E-state index contributed by atoms with van der Waals surface area (Å²) in [5.74, 6) is 0.711. The van der Waals surface area contributed by atoms with E-state index in [4.69, 9.17) is 0 Å².